The molecule has 0 atom stereocenters. The molecule has 0 unspecified atom stereocenters. The first-order valence-corrected chi connectivity index (χ1v) is 3.51. The third-order valence-corrected chi connectivity index (χ3v) is 1.25. The van der Waals surface area contributed by atoms with Gasteiger partial charge in [-0.1, -0.05) is 0 Å². The van der Waals surface area contributed by atoms with Crippen molar-refractivity contribution in [2.45, 2.75) is 6.92 Å². The van der Waals surface area contributed by atoms with Crippen LogP contribution in [0.1, 0.15) is 5.82 Å². The van der Waals surface area contributed by atoms with E-state index >= 15 is 0 Å². The molecule has 1 aromatic heterocycles. The summed E-state index contributed by atoms with van der Waals surface area (Å²) in [4.78, 5) is 18.6. The Bertz CT molecular complexity index is 269. The number of rotatable bonds is 2. The SMILES string of the molecule is Cc1ncc(NC(=O)CN)cn1. The molecule has 0 bridgehead atoms. The predicted octanol–water partition coefficient (Wildman–Crippen LogP) is -0.318. The number of carbonyl (C=O) groups excluding carboxylic acids is 1. The van der Waals surface area contributed by atoms with Gasteiger partial charge in [0.05, 0.1) is 24.6 Å². The largest absolute Gasteiger partial charge is 0.322 e. The number of nitrogens with two attached hydrogens (primary N) is 1. The molecule has 12 heavy (non-hydrogen) atoms. The van der Waals surface area contributed by atoms with Gasteiger partial charge >= 0.3 is 0 Å². The maximum Gasteiger partial charge on any atom is 0.238 e. The molecule has 64 valence electrons. The van der Waals surface area contributed by atoms with Gasteiger partial charge in [-0.3, -0.25) is 4.79 Å². The zero-order valence-corrected chi connectivity index (χ0v) is 6.74. The molecule has 0 saturated heterocycles. The first-order valence-electron chi connectivity index (χ1n) is 3.51. The van der Waals surface area contributed by atoms with Gasteiger partial charge in [0.25, 0.3) is 0 Å². The summed E-state index contributed by atoms with van der Waals surface area (Å²) in [6.45, 7) is 1.74. The normalized spacial score (nSPS) is 9.50. The van der Waals surface area contributed by atoms with Crippen LogP contribution in [0.5, 0.6) is 0 Å². The van der Waals surface area contributed by atoms with Crippen LogP contribution in [-0.2, 0) is 4.79 Å². The molecule has 1 rings (SSSR count). The molecule has 1 amide bonds. The Balaban J connectivity index is 2.64. The third-order valence-electron chi connectivity index (χ3n) is 1.25. The van der Waals surface area contributed by atoms with Crippen LogP contribution in [0.2, 0.25) is 0 Å². The van der Waals surface area contributed by atoms with Crippen LogP contribution in [-0.4, -0.2) is 22.4 Å². The van der Waals surface area contributed by atoms with Gasteiger partial charge in [0.1, 0.15) is 5.82 Å². The van der Waals surface area contributed by atoms with Crippen molar-refractivity contribution in [3.05, 3.63) is 18.2 Å². The molecule has 1 aromatic rings. The van der Waals surface area contributed by atoms with Crippen LogP contribution >= 0.6 is 0 Å². The van der Waals surface area contributed by atoms with Crippen molar-refractivity contribution in [2.75, 3.05) is 11.9 Å². The highest BCUT2D eigenvalue weighted by Crippen LogP contribution is 2.00. The van der Waals surface area contributed by atoms with Crippen LogP contribution in [0.15, 0.2) is 12.4 Å². The standard InChI is InChI=1S/C7H10N4O/c1-5-9-3-6(4-10-5)11-7(12)2-8/h3-4H,2,8H2,1H3,(H,11,12). The zero-order chi connectivity index (χ0) is 8.97. The Morgan fingerprint density at radius 1 is 1.58 bits per heavy atom. The second-order valence-corrected chi connectivity index (χ2v) is 2.27. The number of nitrogens with zero attached hydrogens (tertiary/aromatic N) is 2. The Morgan fingerprint density at radius 2 is 2.17 bits per heavy atom. The quantitative estimate of drug-likeness (QED) is 0.631. The number of hydrogen-bond acceptors (Lipinski definition) is 4. The smallest absolute Gasteiger partial charge is 0.238 e. The fraction of sp³-hybridized carbons (Fsp3) is 0.286. The second-order valence-electron chi connectivity index (χ2n) is 2.27. The first-order chi connectivity index (χ1) is 5.72. The van der Waals surface area contributed by atoms with Crippen LogP contribution in [0, 0.1) is 6.92 Å². The van der Waals surface area contributed by atoms with Crippen molar-refractivity contribution in [1.29, 1.82) is 0 Å². The minimum atomic E-state index is -0.248. The van der Waals surface area contributed by atoms with E-state index in [0.29, 0.717) is 11.5 Å². The lowest BCUT2D eigenvalue weighted by atomic mass is 10.5. The monoisotopic (exact) mass is 166 g/mol. The lowest BCUT2D eigenvalue weighted by molar-refractivity contribution is -0.114. The number of aryl methyl sites for hydroxylation is 1. The first kappa shape index (κ1) is 8.61. The van der Waals surface area contributed by atoms with E-state index in [0.717, 1.165) is 0 Å². The summed E-state index contributed by atoms with van der Waals surface area (Å²) < 4.78 is 0. The lowest BCUT2D eigenvalue weighted by Crippen LogP contribution is -2.21. The van der Waals surface area contributed by atoms with E-state index in [1.165, 1.54) is 12.4 Å². The maximum absolute atomic E-state index is 10.8. The number of carbonyl (C=O) groups is 1. The van der Waals surface area contributed by atoms with Crippen LogP contribution in [0.3, 0.4) is 0 Å². The van der Waals surface area contributed by atoms with E-state index in [9.17, 15) is 4.79 Å². The van der Waals surface area contributed by atoms with Crippen molar-refractivity contribution in [3.8, 4) is 0 Å². The van der Waals surface area contributed by atoms with Gasteiger partial charge in [-0.05, 0) is 6.92 Å². The van der Waals surface area contributed by atoms with E-state index in [1.54, 1.807) is 6.92 Å². The van der Waals surface area contributed by atoms with Gasteiger partial charge in [0.2, 0.25) is 5.91 Å². The van der Waals surface area contributed by atoms with Crippen molar-refractivity contribution < 1.29 is 4.79 Å². The number of hydrogen-bond donors (Lipinski definition) is 2. The summed E-state index contributed by atoms with van der Waals surface area (Å²) in [6.07, 6.45) is 3.08. The molecule has 0 aliphatic heterocycles. The van der Waals surface area contributed by atoms with Gasteiger partial charge in [-0.2, -0.15) is 0 Å². The predicted molar refractivity (Wildman–Crippen MR) is 44.5 cm³/mol. The minimum absolute atomic E-state index is 0.0339. The summed E-state index contributed by atoms with van der Waals surface area (Å²) in [6, 6.07) is 0. The molecule has 1 heterocycles. The Morgan fingerprint density at radius 3 is 2.67 bits per heavy atom. The number of anilines is 1. The fourth-order valence-corrected chi connectivity index (χ4v) is 0.669. The summed E-state index contributed by atoms with van der Waals surface area (Å²) >= 11 is 0. The Hall–Kier alpha value is -1.49. The third kappa shape index (κ3) is 2.28. The summed E-state index contributed by atoms with van der Waals surface area (Å²) in [5, 5.41) is 2.53. The molecular weight excluding hydrogens is 156 g/mol. The van der Waals surface area contributed by atoms with Gasteiger partial charge < -0.3 is 11.1 Å². The van der Waals surface area contributed by atoms with Crippen molar-refractivity contribution in [1.82, 2.24) is 9.97 Å². The van der Waals surface area contributed by atoms with Gasteiger partial charge in [-0.25, -0.2) is 9.97 Å². The van der Waals surface area contributed by atoms with Crippen LogP contribution < -0.4 is 11.1 Å². The molecule has 0 aromatic carbocycles. The van der Waals surface area contributed by atoms with E-state index in [1.807, 2.05) is 0 Å². The highest BCUT2D eigenvalue weighted by atomic mass is 16.1. The Kier molecular flexibility index (Phi) is 2.71. The number of aromatic nitrogens is 2. The van der Waals surface area contributed by atoms with Crippen LogP contribution in [0.25, 0.3) is 0 Å². The van der Waals surface area contributed by atoms with E-state index in [2.05, 4.69) is 15.3 Å². The molecule has 0 radical (unpaired) electrons. The Labute approximate surface area is 70.0 Å². The van der Waals surface area contributed by atoms with Crippen LogP contribution in [0.4, 0.5) is 5.69 Å². The minimum Gasteiger partial charge on any atom is -0.322 e. The number of amides is 1. The average Bonchev–Trinajstić information content (AvgIpc) is 2.09. The van der Waals surface area contributed by atoms with Gasteiger partial charge in [0, 0.05) is 0 Å². The lowest BCUT2D eigenvalue weighted by Gasteiger charge is -2.01. The van der Waals surface area contributed by atoms with Crippen molar-refractivity contribution in [2.24, 2.45) is 5.73 Å². The van der Waals surface area contributed by atoms with Gasteiger partial charge in [-0.15, -0.1) is 0 Å². The molecule has 0 saturated carbocycles. The molecule has 0 fully saturated rings. The molecule has 0 aliphatic rings. The molecule has 5 nitrogen and oxygen atoms in total. The average molecular weight is 166 g/mol. The van der Waals surface area contributed by atoms with E-state index in [-0.39, 0.29) is 12.5 Å². The molecule has 3 N–H and O–H groups in total. The van der Waals surface area contributed by atoms with Gasteiger partial charge in [0.15, 0.2) is 0 Å². The molecular formula is C7H10N4O. The zero-order valence-electron chi connectivity index (χ0n) is 6.74. The second kappa shape index (κ2) is 3.77. The molecule has 0 spiro atoms. The molecule has 0 aliphatic carbocycles. The number of nitrogens with one attached hydrogen (secondary N) is 1. The van der Waals surface area contributed by atoms with Crippen molar-refractivity contribution >= 4 is 11.6 Å². The highest BCUT2D eigenvalue weighted by molar-refractivity contribution is 5.91. The van der Waals surface area contributed by atoms with Crippen molar-refractivity contribution in [3.63, 3.8) is 0 Å². The molecule has 5 heteroatoms. The fourth-order valence-electron chi connectivity index (χ4n) is 0.669. The van der Waals surface area contributed by atoms with E-state index < -0.39 is 0 Å². The highest BCUT2D eigenvalue weighted by Gasteiger charge is 1.98. The summed E-state index contributed by atoms with van der Waals surface area (Å²) in [7, 11) is 0. The maximum atomic E-state index is 10.8. The topological polar surface area (TPSA) is 80.9 Å². The summed E-state index contributed by atoms with van der Waals surface area (Å²) in [5.74, 6) is 0.420. The summed E-state index contributed by atoms with van der Waals surface area (Å²) in [5.41, 5.74) is 5.66. The van der Waals surface area contributed by atoms with E-state index in [4.69, 9.17) is 5.73 Å².